The van der Waals surface area contributed by atoms with Crippen LogP contribution in [0, 0.1) is 0 Å². The van der Waals surface area contributed by atoms with E-state index in [4.69, 9.17) is 9.47 Å². The molecule has 0 spiro atoms. The Morgan fingerprint density at radius 2 is 1.13 bits per heavy atom. The van der Waals surface area contributed by atoms with Gasteiger partial charge in [-0.25, -0.2) is 9.59 Å². The third-order valence-electron chi connectivity index (χ3n) is 3.07. The quantitative estimate of drug-likeness (QED) is 0.515. The molecule has 2 aliphatic rings. The number of hydrogen-bond acceptors (Lipinski definition) is 4. The van der Waals surface area contributed by atoms with Gasteiger partial charge in [0.1, 0.15) is 12.2 Å². The minimum absolute atomic E-state index is 0.0476. The monoisotopic (exact) mass is 212 g/mol. The lowest BCUT2D eigenvalue weighted by Gasteiger charge is -2.24. The van der Waals surface area contributed by atoms with E-state index in [1.165, 1.54) is 0 Å². The molecule has 0 N–H and O–H groups in total. The Bertz CT molecular complexity index is 251. The topological polar surface area (TPSA) is 52.6 Å². The molecule has 0 bridgehead atoms. The fraction of sp³-hybridized carbons (Fsp3) is 0.818. The Balaban J connectivity index is 1.71. The predicted octanol–water partition coefficient (Wildman–Crippen LogP) is 1.57. The molecule has 0 amide bonds. The SMILES string of the molecule is O=C(OC1CCCC1)C(=O)OC1CCC1. The second-order valence-corrected chi connectivity index (χ2v) is 4.27. The van der Waals surface area contributed by atoms with Gasteiger partial charge < -0.3 is 9.47 Å². The van der Waals surface area contributed by atoms with Crippen LogP contribution in [0.25, 0.3) is 0 Å². The zero-order valence-electron chi connectivity index (χ0n) is 8.74. The van der Waals surface area contributed by atoms with Gasteiger partial charge in [0, 0.05) is 0 Å². The summed E-state index contributed by atoms with van der Waals surface area (Å²) in [6, 6.07) is 0. The fourth-order valence-electron chi connectivity index (χ4n) is 1.89. The molecule has 84 valence electrons. The van der Waals surface area contributed by atoms with E-state index >= 15 is 0 Å². The van der Waals surface area contributed by atoms with Crippen molar-refractivity contribution in [3.05, 3.63) is 0 Å². The van der Waals surface area contributed by atoms with E-state index in [9.17, 15) is 9.59 Å². The molecule has 0 aromatic rings. The van der Waals surface area contributed by atoms with Gasteiger partial charge in [-0.1, -0.05) is 0 Å². The maximum atomic E-state index is 11.3. The molecular formula is C11H16O4. The van der Waals surface area contributed by atoms with Crippen molar-refractivity contribution >= 4 is 11.9 Å². The zero-order chi connectivity index (χ0) is 10.7. The van der Waals surface area contributed by atoms with Crippen LogP contribution in [0.1, 0.15) is 44.9 Å². The highest BCUT2D eigenvalue weighted by molar-refractivity contribution is 6.29. The van der Waals surface area contributed by atoms with Crippen LogP contribution in [0.4, 0.5) is 0 Å². The van der Waals surface area contributed by atoms with E-state index in [2.05, 4.69) is 0 Å². The Morgan fingerprint density at radius 3 is 1.47 bits per heavy atom. The molecule has 0 aromatic carbocycles. The Labute approximate surface area is 88.9 Å². The van der Waals surface area contributed by atoms with Crippen LogP contribution in [0.15, 0.2) is 0 Å². The first-order valence-electron chi connectivity index (χ1n) is 5.67. The largest absolute Gasteiger partial charge is 0.454 e. The summed E-state index contributed by atoms with van der Waals surface area (Å²) in [5.41, 5.74) is 0. The summed E-state index contributed by atoms with van der Waals surface area (Å²) in [6.45, 7) is 0. The van der Waals surface area contributed by atoms with Gasteiger partial charge in [-0.15, -0.1) is 0 Å². The van der Waals surface area contributed by atoms with Gasteiger partial charge in [-0.2, -0.15) is 0 Å². The lowest BCUT2D eigenvalue weighted by molar-refractivity contribution is -0.176. The van der Waals surface area contributed by atoms with Gasteiger partial charge in [-0.05, 0) is 44.9 Å². The van der Waals surface area contributed by atoms with E-state index in [0.717, 1.165) is 44.9 Å². The van der Waals surface area contributed by atoms with E-state index in [-0.39, 0.29) is 12.2 Å². The summed E-state index contributed by atoms with van der Waals surface area (Å²) < 4.78 is 9.97. The molecule has 0 aliphatic heterocycles. The van der Waals surface area contributed by atoms with Crippen LogP contribution >= 0.6 is 0 Å². The lowest BCUT2D eigenvalue weighted by atomic mass is 9.96. The molecule has 2 aliphatic carbocycles. The third-order valence-corrected chi connectivity index (χ3v) is 3.07. The fourth-order valence-corrected chi connectivity index (χ4v) is 1.89. The summed E-state index contributed by atoms with van der Waals surface area (Å²) in [6.07, 6.45) is 6.64. The summed E-state index contributed by atoms with van der Waals surface area (Å²) in [4.78, 5) is 22.5. The highest BCUT2D eigenvalue weighted by Crippen LogP contribution is 2.23. The van der Waals surface area contributed by atoms with Crippen LogP contribution in [0.5, 0.6) is 0 Å². The molecule has 2 fully saturated rings. The van der Waals surface area contributed by atoms with Crippen molar-refractivity contribution in [2.75, 3.05) is 0 Å². The van der Waals surface area contributed by atoms with Crippen molar-refractivity contribution in [1.82, 2.24) is 0 Å². The van der Waals surface area contributed by atoms with E-state index in [1.54, 1.807) is 0 Å². The first kappa shape index (κ1) is 10.5. The zero-order valence-corrected chi connectivity index (χ0v) is 8.74. The average molecular weight is 212 g/mol. The maximum Gasteiger partial charge on any atom is 0.417 e. The third kappa shape index (κ3) is 2.70. The standard InChI is InChI=1S/C11H16O4/c12-10(14-8-4-1-2-5-8)11(13)15-9-6-3-7-9/h8-9H,1-7H2. The predicted molar refractivity (Wildman–Crippen MR) is 52.1 cm³/mol. The van der Waals surface area contributed by atoms with Crippen LogP contribution in [-0.2, 0) is 19.1 Å². The lowest BCUT2D eigenvalue weighted by Crippen LogP contribution is -2.31. The van der Waals surface area contributed by atoms with Crippen molar-refractivity contribution in [2.24, 2.45) is 0 Å². The summed E-state index contributed by atoms with van der Waals surface area (Å²) in [5.74, 6) is -1.62. The second kappa shape index (κ2) is 4.64. The molecule has 0 radical (unpaired) electrons. The van der Waals surface area contributed by atoms with Crippen LogP contribution in [0.3, 0.4) is 0 Å². The molecule has 0 unspecified atom stereocenters. The van der Waals surface area contributed by atoms with Crippen LogP contribution in [-0.4, -0.2) is 24.1 Å². The minimum atomic E-state index is -0.813. The maximum absolute atomic E-state index is 11.3. The van der Waals surface area contributed by atoms with Gasteiger partial charge in [0.25, 0.3) is 0 Å². The number of carbonyl (C=O) groups is 2. The smallest absolute Gasteiger partial charge is 0.417 e. The van der Waals surface area contributed by atoms with Crippen molar-refractivity contribution < 1.29 is 19.1 Å². The molecule has 4 heteroatoms. The molecule has 0 atom stereocenters. The van der Waals surface area contributed by atoms with Crippen molar-refractivity contribution in [3.8, 4) is 0 Å². The van der Waals surface area contributed by atoms with E-state index in [1.807, 2.05) is 0 Å². The number of carbonyl (C=O) groups excluding carboxylic acids is 2. The van der Waals surface area contributed by atoms with Gasteiger partial charge in [0.2, 0.25) is 0 Å². The number of esters is 2. The number of rotatable bonds is 2. The first-order chi connectivity index (χ1) is 7.25. The molecule has 15 heavy (non-hydrogen) atoms. The van der Waals surface area contributed by atoms with E-state index in [0.29, 0.717) is 0 Å². The van der Waals surface area contributed by atoms with E-state index < -0.39 is 11.9 Å². The molecule has 4 nitrogen and oxygen atoms in total. The van der Waals surface area contributed by atoms with Gasteiger partial charge in [-0.3, -0.25) is 0 Å². The molecule has 0 heterocycles. The molecule has 2 rings (SSSR count). The Kier molecular flexibility index (Phi) is 3.23. The first-order valence-corrected chi connectivity index (χ1v) is 5.67. The summed E-state index contributed by atoms with van der Waals surface area (Å²) in [7, 11) is 0. The Morgan fingerprint density at radius 1 is 0.733 bits per heavy atom. The number of hydrogen-bond donors (Lipinski definition) is 0. The number of ether oxygens (including phenoxy) is 2. The van der Waals surface area contributed by atoms with Crippen LogP contribution in [0.2, 0.25) is 0 Å². The van der Waals surface area contributed by atoms with Crippen molar-refractivity contribution in [3.63, 3.8) is 0 Å². The molecular weight excluding hydrogens is 196 g/mol. The normalized spacial score (nSPS) is 22.1. The van der Waals surface area contributed by atoms with Gasteiger partial charge in [0.05, 0.1) is 0 Å². The summed E-state index contributed by atoms with van der Waals surface area (Å²) >= 11 is 0. The minimum Gasteiger partial charge on any atom is -0.454 e. The molecule has 0 saturated heterocycles. The van der Waals surface area contributed by atoms with Gasteiger partial charge in [0.15, 0.2) is 0 Å². The molecule has 2 saturated carbocycles. The highest BCUT2D eigenvalue weighted by Gasteiger charge is 2.29. The second-order valence-electron chi connectivity index (χ2n) is 4.27. The summed E-state index contributed by atoms with van der Waals surface area (Å²) in [5, 5.41) is 0. The van der Waals surface area contributed by atoms with Gasteiger partial charge >= 0.3 is 11.9 Å². The average Bonchev–Trinajstić information content (AvgIpc) is 2.63. The van der Waals surface area contributed by atoms with Crippen molar-refractivity contribution in [1.29, 1.82) is 0 Å². The highest BCUT2D eigenvalue weighted by atomic mass is 16.6. The van der Waals surface area contributed by atoms with Crippen molar-refractivity contribution in [2.45, 2.75) is 57.2 Å². The Hall–Kier alpha value is -1.06. The van der Waals surface area contributed by atoms with Crippen LogP contribution < -0.4 is 0 Å². The molecule has 0 aromatic heterocycles.